The van der Waals surface area contributed by atoms with Gasteiger partial charge in [0.25, 0.3) is 0 Å². The van der Waals surface area contributed by atoms with Crippen LogP contribution < -0.4 is 10.6 Å². The molecule has 0 bridgehead atoms. The number of carbonyl (C=O) groups excluding carboxylic acids is 2. The van der Waals surface area contributed by atoms with Gasteiger partial charge >= 0.3 is 0 Å². The molecule has 1 saturated heterocycles. The van der Waals surface area contributed by atoms with Gasteiger partial charge in [-0.05, 0) is 18.1 Å². The number of anilines is 1. The number of alkyl halides is 1. The molecule has 1 fully saturated rings. The summed E-state index contributed by atoms with van der Waals surface area (Å²) in [5.41, 5.74) is 0.558. The van der Waals surface area contributed by atoms with Crippen molar-refractivity contribution in [1.82, 2.24) is 10.3 Å². The molecule has 1 unspecified atom stereocenters. The number of piperidine rings is 1. The van der Waals surface area contributed by atoms with Crippen LogP contribution in [-0.2, 0) is 15.5 Å². The van der Waals surface area contributed by atoms with Crippen LogP contribution in [0.1, 0.15) is 18.4 Å². The predicted octanol–water partition coefficient (Wildman–Crippen LogP) is 1.18. The minimum absolute atomic E-state index is 0.0154. The third-order valence-corrected chi connectivity index (χ3v) is 2.91. The second-order valence-electron chi connectivity index (χ2n) is 3.96. The fourth-order valence-electron chi connectivity index (χ4n) is 1.65. The van der Waals surface area contributed by atoms with Crippen molar-refractivity contribution in [1.29, 1.82) is 0 Å². The van der Waals surface area contributed by atoms with Crippen LogP contribution in [0, 0.1) is 5.82 Å². The van der Waals surface area contributed by atoms with Gasteiger partial charge in [0.1, 0.15) is 6.04 Å². The molecular formula is C11H11ClFN3O2. The summed E-state index contributed by atoms with van der Waals surface area (Å²) < 4.78 is 13.6. The van der Waals surface area contributed by atoms with Gasteiger partial charge in [-0.1, -0.05) is 0 Å². The minimum Gasteiger partial charge on any atom is -0.356 e. The van der Waals surface area contributed by atoms with Gasteiger partial charge in [0.05, 0.1) is 0 Å². The molecule has 2 amide bonds. The van der Waals surface area contributed by atoms with Gasteiger partial charge in [0.15, 0.2) is 11.6 Å². The van der Waals surface area contributed by atoms with Gasteiger partial charge in [-0.15, -0.1) is 11.6 Å². The van der Waals surface area contributed by atoms with E-state index in [0.29, 0.717) is 12.0 Å². The lowest BCUT2D eigenvalue weighted by Crippen LogP contribution is -2.47. The molecule has 18 heavy (non-hydrogen) atoms. The number of imide groups is 1. The fourth-order valence-corrected chi connectivity index (χ4v) is 1.80. The van der Waals surface area contributed by atoms with Crippen molar-refractivity contribution >= 4 is 29.2 Å². The Hall–Kier alpha value is -1.69. The van der Waals surface area contributed by atoms with Crippen molar-refractivity contribution in [2.24, 2.45) is 0 Å². The highest BCUT2D eigenvalue weighted by atomic mass is 35.5. The summed E-state index contributed by atoms with van der Waals surface area (Å²) in [6.45, 7) is 0. The zero-order valence-corrected chi connectivity index (χ0v) is 10.1. The second kappa shape index (κ2) is 5.30. The highest BCUT2D eigenvalue weighted by molar-refractivity contribution is 6.17. The van der Waals surface area contributed by atoms with Crippen LogP contribution in [0.4, 0.5) is 10.2 Å². The molecule has 1 atom stereocenters. The van der Waals surface area contributed by atoms with Crippen molar-refractivity contribution < 1.29 is 14.0 Å². The number of hydrogen-bond donors (Lipinski definition) is 2. The van der Waals surface area contributed by atoms with E-state index in [4.69, 9.17) is 11.6 Å². The van der Waals surface area contributed by atoms with E-state index >= 15 is 0 Å². The summed E-state index contributed by atoms with van der Waals surface area (Å²) in [5.74, 6) is -1.20. The van der Waals surface area contributed by atoms with Crippen LogP contribution in [0.2, 0.25) is 0 Å². The highest BCUT2D eigenvalue weighted by Crippen LogP contribution is 2.17. The number of nitrogens with zero attached hydrogens (tertiary/aromatic N) is 1. The van der Waals surface area contributed by atoms with Crippen LogP contribution in [0.25, 0.3) is 0 Å². The maximum Gasteiger partial charge on any atom is 0.249 e. The molecule has 1 aromatic rings. The summed E-state index contributed by atoms with van der Waals surface area (Å²) in [6.07, 6.45) is 1.98. The monoisotopic (exact) mass is 271 g/mol. The van der Waals surface area contributed by atoms with E-state index in [0.717, 1.165) is 0 Å². The molecule has 0 saturated carbocycles. The highest BCUT2D eigenvalue weighted by Gasteiger charge is 2.27. The van der Waals surface area contributed by atoms with E-state index in [2.05, 4.69) is 15.6 Å². The molecule has 5 nitrogen and oxygen atoms in total. The van der Waals surface area contributed by atoms with Gasteiger partial charge in [-0.25, -0.2) is 9.37 Å². The van der Waals surface area contributed by atoms with E-state index in [1.165, 1.54) is 12.3 Å². The van der Waals surface area contributed by atoms with Gasteiger partial charge in [-0.2, -0.15) is 0 Å². The van der Waals surface area contributed by atoms with Crippen LogP contribution >= 0.6 is 11.6 Å². The first-order chi connectivity index (χ1) is 8.60. The average molecular weight is 272 g/mol. The Morgan fingerprint density at radius 1 is 1.56 bits per heavy atom. The van der Waals surface area contributed by atoms with Gasteiger partial charge in [0, 0.05) is 18.5 Å². The quantitative estimate of drug-likeness (QED) is 0.640. The zero-order valence-electron chi connectivity index (χ0n) is 9.37. The van der Waals surface area contributed by atoms with Crippen molar-refractivity contribution in [2.75, 3.05) is 5.32 Å². The fraction of sp³-hybridized carbons (Fsp3) is 0.364. The van der Waals surface area contributed by atoms with E-state index in [-0.39, 0.29) is 24.0 Å². The summed E-state index contributed by atoms with van der Waals surface area (Å²) in [4.78, 5) is 26.3. The lowest BCUT2D eigenvalue weighted by molar-refractivity contribution is -0.133. The van der Waals surface area contributed by atoms with Crippen LogP contribution in [0.3, 0.4) is 0 Å². The Morgan fingerprint density at radius 2 is 2.33 bits per heavy atom. The van der Waals surface area contributed by atoms with Crippen LogP contribution in [0.5, 0.6) is 0 Å². The lowest BCUT2D eigenvalue weighted by atomic mass is 10.1. The number of nitrogens with one attached hydrogen (secondary N) is 2. The van der Waals surface area contributed by atoms with Crippen LogP contribution in [-0.4, -0.2) is 22.8 Å². The number of pyridine rings is 1. The molecule has 1 aliphatic rings. The molecule has 2 heterocycles. The molecule has 2 N–H and O–H groups in total. The molecule has 1 aliphatic heterocycles. The Kier molecular flexibility index (Phi) is 3.76. The first-order valence-corrected chi connectivity index (χ1v) is 5.94. The molecule has 0 radical (unpaired) electrons. The number of amides is 2. The maximum absolute atomic E-state index is 13.6. The molecule has 1 aromatic heterocycles. The topological polar surface area (TPSA) is 71.1 Å². The van der Waals surface area contributed by atoms with Crippen molar-refractivity contribution in [3.8, 4) is 0 Å². The number of aromatic nitrogens is 1. The summed E-state index contributed by atoms with van der Waals surface area (Å²) in [5, 5.41) is 4.86. The average Bonchev–Trinajstić information content (AvgIpc) is 2.34. The van der Waals surface area contributed by atoms with Crippen molar-refractivity contribution in [3.05, 3.63) is 23.6 Å². The maximum atomic E-state index is 13.6. The van der Waals surface area contributed by atoms with E-state index in [9.17, 15) is 14.0 Å². The zero-order chi connectivity index (χ0) is 13.1. The third kappa shape index (κ3) is 2.76. The standard InChI is InChI=1S/C11H11ClFN3O2/c12-4-6-3-7(13)10(14-5-6)15-8-1-2-9(17)16-11(8)18/h3,5,8H,1-2,4H2,(H,14,15)(H,16,17,18). The first kappa shape index (κ1) is 12.8. The smallest absolute Gasteiger partial charge is 0.249 e. The summed E-state index contributed by atoms with van der Waals surface area (Å²) in [6, 6.07) is 0.611. The minimum atomic E-state index is -0.647. The van der Waals surface area contributed by atoms with Gasteiger partial charge in [0.2, 0.25) is 11.8 Å². The van der Waals surface area contributed by atoms with E-state index < -0.39 is 17.8 Å². The molecule has 0 aromatic carbocycles. The van der Waals surface area contributed by atoms with Crippen molar-refractivity contribution in [2.45, 2.75) is 24.8 Å². The van der Waals surface area contributed by atoms with Crippen LogP contribution in [0.15, 0.2) is 12.3 Å². The van der Waals surface area contributed by atoms with E-state index in [1.807, 2.05) is 0 Å². The Balaban J connectivity index is 2.09. The van der Waals surface area contributed by atoms with Gasteiger partial charge < -0.3 is 5.32 Å². The number of rotatable bonds is 3. The molecule has 2 rings (SSSR count). The molecule has 0 spiro atoms. The predicted molar refractivity (Wildman–Crippen MR) is 63.5 cm³/mol. The third-order valence-electron chi connectivity index (χ3n) is 2.60. The van der Waals surface area contributed by atoms with Gasteiger partial charge in [-0.3, -0.25) is 14.9 Å². The van der Waals surface area contributed by atoms with E-state index in [1.54, 1.807) is 0 Å². The molecular weight excluding hydrogens is 261 g/mol. The second-order valence-corrected chi connectivity index (χ2v) is 4.22. The Labute approximate surface area is 108 Å². The molecule has 96 valence electrons. The van der Waals surface area contributed by atoms with Crippen molar-refractivity contribution in [3.63, 3.8) is 0 Å². The molecule has 0 aliphatic carbocycles. The lowest BCUT2D eigenvalue weighted by Gasteiger charge is -2.22. The largest absolute Gasteiger partial charge is 0.356 e. The number of hydrogen-bond acceptors (Lipinski definition) is 4. The summed E-state index contributed by atoms with van der Waals surface area (Å²) >= 11 is 5.55. The SMILES string of the molecule is O=C1CCC(Nc2ncc(CCl)cc2F)C(=O)N1. The normalized spacial score (nSPS) is 19.6. The number of carbonyl (C=O) groups is 2. The molecule has 7 heteroatoms. The Morgan fingerprint density at radius 3 is 2.94 bits per heavy atom. The Bertz CT molecular complexity index is 495. The first-order valence-electron chi connectivity index (χ1n) is 5.41. The number of halogens is 2. The summed E-state index contributed by atoms with van der Waals surface area (Å²) in [7, 11) is 0.